The van der Waals surface area contributed by atoms with Crippen LogP contribution in [0, 0.1) is 11.8 Å². The average molecular weight is 627 g/mol. The van der Waals surface area contributed by atoms with E-state index in [0.29, 0.717) is 36.5 Å². The topological polar surface area (TPSA) is 130 Å². The fourth-order valence-electron chi connectivity index (χ4n) is 7.74. The minimum atomic E-state index is -1.43. The summed E-state index contributed by atoms with van der Waals surface area (Å²) in [7, 11) is 0. The zero-order valence-corrected chi connectivity index (χ0v) is 26.2. The molecule has 12 heteroatoms. The highest BCUT2D eigenvalue weighted by molar-refractivity contribution is 6.04. The summed E-state index contributed by atoms with van der Waals surface area (Å²) >= 11 is 0. The molecule has 46 heavy (non-hydrogen) atoms. The maximum Gasteiger partial charge on any atom is 0.250 e. The number of hydrogen-bond acceptors (Lipinski definition) is 8. The molecule has 0 bridgehead atoms. The molecule has 4 aliphatic heterocycles. The third kappa shape index (κ3) is 4.38. The van der Waals surface area contributed by atoms with Crippen molar-refractivity contribution in [2.75, 3.05) is 31.2 Å². The van der Waals surface area contributed by atoms with E-state index in [1.165, 1.54) is 4.90 Å². The first-order valence-corrected chi connectivity index (χ1v) is 15.9. The normalized spacial score (nSPS) is 29.5. The molecular weight excluding hydrogens is 588 g/mol. The maximum atomic E-state index is 14.7. The van der Waals surface area contributed by atoms with Crippen LogP contribution in [0.4, 0.5) is 5.69 Å². The van der Waals surface area contributed by atoms with E-state index in [0.717, 1.165) is 5.52 Å². The maximum absolute atomic E-state index is 14.7. The van der Waals surface area contributed by atoms with Gasteiger partial charge in [0, 0.05) is 18.8 Å². The molecule has 5 heterocycles. The second-order valence-electron chi connectivity index (χ2n) is 12.4. The molecule has 0 saturated carbocycles. The first kappa shape index (κ1) is 30.1. The van der Waals surface area contributed by atoms with E-state index in [9.17, 15) is 19.5 Å². The Morgan fingerprint density at radius 1 is 0.978 bits per heavy atom. The van der Waals surface area contributed by atoms with Gasteiger partial charge in [0.05, 0.1) is 42.2 Å². The van der Waals surface area contributed by atoms with Gasteiger partial charge >= 0.3 is 0 Å². The lowest BCUT2D eigenvalue weighted by Crippen LogP contribution is -2.58. The Balaban J connectivity index is 1.30. The lowest BCUT2D eigenvalue weighted by atomic mass is 9.73. The number of aromatic nitrogens is 3. The van der Waals surface area contributed by atoms with Gasteiger partial charge in [0.1, 0.15) is 29.6 Å². The minimum absolute atomic E-state index is 0.100. The predicted molar refractivity (Wildman–Crippen MR) is 168 cm³/mol. The Morgan fingerprint density at radius 2 is 1.74 bits per heavy atom. The number of aliphatic hydroxyl groups is 1. The van der Waals surface area contributed by atoms with Crippen molar-refractivity contribution in [3.05, 3.63) is 72.8 Å². The number of amides is 3. The van der Waals surface area contributed by atoms with E-state index < -0.39 is 35.1 Å². The molecule has 1 N–H and O–H groups in total. The molecule has 2 saturated heterocycles. The SMILES string of the molecule is CCOc1ccc(N2CC=C[C@@]3(CC)O[C@]45C=CCN(Cn6nnc7ccccc76)C(=O)C4N([C@H](C)CO)C(=O)[C@@H]5[C@H]3C2=O)cc1. The largest absolute Gasteiger partial charge is 0.494 e. The van der Waals surface area contributed by atoms with Crippen LogP contribution >= 0.6 is 0 Å². The second-order valence-corrected chi connectivity index (χ2v) is 12.4. The molecule has 1 unspecified atom stereocenters. The van der Waals surface area contributed by atoms with Crippen LogP contribution in [-0.4, -0.2) is 97.2 Å². The summed E-state index contributed by atoms with van der Waals surface area (Å²) in [5, 5.41) is 18.8. The van der Waals surface area contributed by atoms with Crippen molar-refractivity contribution in [1.29, 1.82) is 0 Å². The number of likely N-dealkylation sites (tertiary alicyclic amines) is 1. The second kappa shape index (κ2) is 11.4. The molecule has 3 aromatic rings. The standard InChI is InChI=1S/C34H38N6O6/c1-4-33-16-8-19-38(23-12-14-24(15-13-23)45-5-2)30(42)27(33)28-31(43)40(22(3)20-41)29-32(44)37(18-9-17-34(28,29)46-33)21-39-26-11-7-6-10-25(26)35-36-39/h6-17,22,27-29,41H,4-5,18-21H2,1-3H3/t22-,27+,28+,29?,33-,34+/m1/s1. The molecule has 240 valence electrons. The van der Waals surface area contributed by atoms with E-state index in [2.05, 4.69) is 10.3 Å². The first-order chi connectivity index (χ1) is 22.3. The van der Waals surface area contributed by atoms with Crippen molar-refractivity contribution < 1.29 is 29.0 Å². The molecule has 12 nitrogen and oxygen atoms in total. The number of rotatable bonds is 8. The highest BCUT2D eigenvalue weighted by Crippen LogP contribution is 2.59. The molecule has 6 atom stereocenters. The van der Waals surface area contributed by atoms with Crippen molar-refractivity contribution >= 4 is 34.4 Å². The van der Waals surface area contributed by atoms with Gasteiger partial charge < -0.3 is 29.3 Å². The summed E-state index contributed by atoms with van der Waals surface area (Å²) in [5.41, 5.74) is -0.401. The lowest BCUT2D eigenvalue weighted by molar-refractivity contribution is -0.156. The molecule has 4 aliphatic rings. The van der Waals surface area contributed by atoms with Crippen molar-refractivity contribution in [3.63, 3.8) is 0 Å². The number of hydrogen-bond donors (Lipinski definition) is 1. The zero-order chi connectivity index (χ0) is 32.2. The Bertz CT molecular complexity index is 1740. The van der Waals surface area contributed by atoms with E-state index in [-0.39, 0.29) is 37.5 Å². The summed E-state index contributed by atoms with van der Waals surface area (Å²) in [6.45, 7) is 6.36. The van der Waals surface area contributed by atoms with Gasteiger partial charge in [-0.15, -0.1) is 5.10 Å². The number of anilines is 1. The molecule has 2 aromatic carbocycles. The number of nitrogens with zero attached hydrogens (tertiary/aromatic N) is 6. The van der Waals surface area contributed by atoms with Crippen molar-refractivity contribution in [3.8, 4) is 5.75 Å². The molecule has 7 rings (SSSR count). The van der Waals surface area contributed by atoms with Crippen molar-refractivity contribution in [2.24, 2.45) is 11.8 Å². The van der Waals surface area contributed by atoms with Gasteiger partial charge in [-0.25, -0.2) is 4.68 Å². The monoisotopic (exact) mass is 626 g/mol. The lowest BCUT2D eigenvalue weighted by Gasteiger charge is -2.40. The van der Waals surface area contributed by atoms with Crippen LogP contribution in [0.3, 0.4) is 0 Å². The van der Waals surface area contributed by atoms with Gasteiger partial charge in [0.15, 0.2) is 0 Å². The van der Waals surface area contributed by atoms with Crippen LogP contribution in [0.25, 0.3) is 11.0 Å². The molecule has 1 aromatic heterocycles. The van der Waals surface area contributed by atoms with Gasteiger partial charge in [0.25, 0.3) is 5.91 Å². The summed E-state index contributed by atoms with van der Waals surface area (Å²) in [4.78, 5) is 48.7. The van der Waals surface area contributed by atoms with E-state index in [1.54, 1.807) is 21.4 Å². The van der Waals surface area contributed by atoms with E-state index >= 15 is 0 Å². The third-order valence-electron chi connectivity index (χ3n) is 9.88. The van der Waals surface area contributed by atoms with Gasteiger partial charge in [-0.3, -0.25) is 14.4 Å². The molecule has 1 spiro atoms. The van der Waals surface area contributed by atoms with Crippen molar-refractivity contribution in [2.45, 2.75) is 57.1 Å². The van der Waals surface area contributed by atoms with Crippen LogP contribution in [0.2, 0.25) is 0 Å². The number of fused-ring (bicyclic) bond motifs is 3. The molecule has 0 radical (unpaired) electrons. The van der Waals surface area contributed by atoms with E-state index in [4.69, 9.17) is 9.47 Å². The van der Waals surface area contributed by atoms with Crippen LogP contribution in [-0.2, 0) is 25.8 Å². The average Bonchev–Trinajstić information content (AvgIpc) is 3.62. The van der Waals surface area contributed by atoms with Crippen LogP contribution in [0.1, 0.15) is 27.2 Å². The van der Waals surface area contributed by atoms with E-state index in [1.807, 2.05) is 86.7 Å². The van der Waals surface area contributed by atoms with Crippen molar-refractivity contribution in [1.82, 2.24) is 24.8 Å². The van der Waals surface area contributed by atoms with Gasteiger partial charge in [-0.2, -0.15) is 0 Å². The Morgan fingerprint density at radius 3 is 2.48 bits per heavy atom. The Kier molecular flexibility index (Phi) is 7.44. The highest BCUT2D eigenvalue weighted by Gasteiger charge is 2.75. The summed E-state index contributed by atoms with van der Waals surface area (Å²) in [6, 6.07) is 13.0. The summed E-state index contributed by atoms with van der Waals surface area (Å²) in [5.74, 6) is -2.17. The number of carbonyl (C=O) groups excluding carboxylic acids is 3. The van der Waals surface area contributed by atoms with Gasteiger partial charge in [-0.05, 0) is 56.7 Å². The Hall–Kier alpha value is -4.55. The summed E-state index contributed by atoms with van der Waals surface area (Å²) < 4.78 is 14.3. The number of para-hydroxylation sites is 1. The number of ether oxygens (including phenoxy) is 2. The van der Waals surface area contributed by atoms with Crippen LogP contribution in [0.15, 0.2) is 72.8 Å². The fourth-order valence-corrected chi connectivity index (χ4v) is 7.74. The number of aliphatic hydroxyl groups excluding tert-OH is 1. The Labute approximate surface area is 266 Å². The fraction of sp³-hybridized carbons (Fsp3) is 0.441. The number of carbonyl (C=O) groups is 3. The molecule has 2 fully saturated rings. The molecular formula is C34H38N6O6. The molecule has 3 amide bonds. The smallest absolute Gasteiger partial charge is 0.250 e. The quantitative estimate of drug-likeness (QED) is 0.378. The van der Waals surface area contributed by atoms with Crippen LogP contribution in [0.5, 0.6) is 5.75 Å². The summed E-state index contributed by atoms with van der Waals surface area (Å²) in [6.07, 6.45) is 7.90. The molecule has 0 aliphatic carbocycles. The third-order valence-corrected chi connectivity index (χ3v) is 9.88. The van der Waals surface area contributed by atoms with Gasteiger partial charge in [-0.1, -0.05) is 48.6 Å². The highest BCUT2D eigenvalue weighted by atomic mass is 16.5. The predicted octanol–water partition coefficient (Wildman–Crippen LogP) is 2.53. The number of benzene rings is 2. The zero-order valence-electron chi connectivity index (χ0n) is 26.2. The first-order valence-electron chi connectivity index (χ1n) is 15.9. The van der Waals surface area contributed by atoms with Crippen LogP contribution < -0.4 is 9.64 Å². The minimum Gasteiger partial charge on any atom is -0.494 e. The van der Waals surface area contributed by atoms with Gasteiger partial charge in [0.2, 0.25) is 11.8 Å².